The molecule has 1 heteroatoms. The van der Waals surface area contributed by atoms with E-state index in [2.05, 4.69) is 165 Å². The van der Waals surface area contributed by atoms with E-state index in [0.29, 0.717) is 0 Å². The van der Waals surface area contributed by atoms with Crippen LogP contribution in [-0.2, 0) is 0 Å². The molecule has 0 atom stereocenters. The largest absolute Gasteiger partial charge is 0.456 e. The summed E-state index contributed by atoms with van der Waals surface area (Å²) in [6.07, 6.45) is 0. The minimum Gasteiger partial charge on any atom is -0.456 e. The summed E-state index contributed by atoms with van der Waals surface area (Å²) in [5, 5.41) is 10.2. The first-order valence-corrected chi connectivity index (χ1v) is 18.1. The Labute approximate surface area is 300 Å². The van der Waals surface area contributed by atoms with E-state index in [4.69, 9.17) is 4.42 Å². The van der Waals surface area contributed by atoms with E-state index in [1.165, 1.54) is 110 Å². The lowest BCUT2D eigenvalue weighted by Gasteiger charge is -2.27. The third-order valence-electron chi connectivity index (χ3n) is 12.3. The Hall–Kier alpha value is -5.66. The Morgan fingerprint density at radius 3 is 1.35 bits per heavy atom. The minimum absolute atomic E-state index is 0.919. The molecular weight excluding hydrogens is 617 g/mol. The van der Waals surface area contributed by atoms with Gasteiger partial charge >= 0.3 is 0 Å². The van der Waals surface area contributed by atoms with Crippen LogP contribution in [0, 0.1) is 55.4 Å². The van der Waals surface area contributed by atoms with Gasteiger partial charge in [-0.25, -0.2) is 0 Å². The Morgan fingerprint density at radius 1 is 0.314 bits per heavy atom. The number of hydrogen-bond donors (Lipinski definition) is 0. The van der Waals surface area contributed by atoms with Crippen LogP contribution in [0.3, 0.4) is 0 Å². The van der Waals surface area contributed by atoms with Gasteiger partial charge in [0, 0.05) is 10.8 Å². The fourth-order valence-corrected chi connectivity index (χ4v) is 8.80. The summed E-state index contributed by atoms with van der Waals surface area (Å²) in [6.45, 7) is 18.5. The Bertz CT molecular complexity index is 2840. The molecule has 0 fully saturated rings. The molecule has 9 aromatic rings. The molecule has 0 saturated heterocycles. The molecule has 9 rings (SSSR count). The summed E-state index contributed by atoms with van der Waals surface area (Å²) in [5.74, 6) is 0. The van der Waals surface area contributed by atoms with Crippen molar-refractivity contribution < 1.29 is 4.42 Å². The predicted molar refractivity (Wildman–Crippen MR) is 220 cm³/mol. The van der Waals surface area contributed by atoms with Gasteiger partial charge in [-0.3, -0.25) is 0 Å². The van der Waals surface area contributed by atoms with Gasteiger partial charge in [-0.2, -0.15) is 0 Å². The van der Waals surface area contributed by atoms with Crippen LogP contribution in [0.25, 0.3) is 87.6 Å². The SMILES string of the molecule is Cc1c(C)c(C)c2c(-c3cccc(-c4ccc5oc6cc7ccccc7cc6c5c4)c3)c3c(C)c(C)c(C)c(C)c3c(-c3ccccc3)c2c1C. The highest BCUT2D eigenvalue weighted by atomic mass is 16.3. The first-order valence-electron chi connectivity index (χ1n) is 18.1. The quantitative estimate of drug-likeness (QED) is 0.172. The average Bonchev–Trinajstić information content (AvgIpc) is 3.52. The number of aryl methyl sites for hydroxylation is 4. The molecule has 8 aromatic carbocycles. The lowest BCUT2D eigenvalue weighted by atomic mass is 9.76. The molecule has 0 aliphatic heterocycles. The predicted octanol–water partition coefficient (Wildman–Crippen LogP) is 14.5. The van der Waals surface area contributed by atoms with Crippen LogP contribution < -0.4 is 0 Å². The van der Waals surface area contributed by atoms with E-state index < -0.39 is 0 Å². The molecule has 1 nitrogen and oxygen atoms in total. The van der Waals surface area contributed by atoms with Gasteiger partial charge in [0.25, 0.3) is 0 Å². The summed E-state index contributed by atoms with van der Waals surface area (Å²) in [6, 6.07) is 39.9. The van der Waals surface area contributed by atoms with Gasteiger partial charge in [0.05, 0.1) is 0 Å². The molecule has 0 radical (unpaired) electrons. The Morgan fingerprint density at radius 2 is 0.765 bits per heavy atom. The van der Waals surface area contributed by atoms with Gasteiger partial charge in [-0.05, 0) is 196 Å². The van der Waals surface area contributed by atoms with Crippen LogP contribution in [0.5, 0.6) is 0 Å². The summed E-state index contributed by atoms with van der Waals surface area (Å²) >= 11 is 0. The van der Waals surface area contributed by atoms with Crippen LogP contribution in [0.2, 0.25) is 0 Å². The average molecular weight is 659 g/mol. The third kappa shape index (κ3) is 4.54. The maximum absolute atomic E-state index is 6.38. The first-order chi connectivity index (χ1) is 24.6. The van der Waals surface area contributed by atoms with Crippen molar-refractivity contribution in [2.45, 2.75) is 55.4 Å². The topological polar surface area (TPSA) is 13.1 Å². The summed E-state index contributed by atoms with van der Waals surface area (Å²) in [5.41, 5.74) is 20.4. The molecule has 1 aromatic heterocycles. The zero-order chi connectivity index (χ0) is 35.3. The van der Waals surface area contributed by atoms with E-state index in [1.54, 1.807) is 0 Å². The van der Waals surface area contributed by atoms with E-state index in [9.17, 15) is 0 Å². The molecule has 0 spiro atoms. The Kier molecular flexibility index (Phi) is 7.03. The molecule has 51 heavy (non-hydrogen) atoms. The number of furan rings is 1. The Balaban J connectivity index is 1.38. The highest BCUT2D eigenvalue weighted by molar-refractivity contribution is 6.25. The van der Waals surface area contributed by atoms with Gasteiger partial charge in [-0.15, -0.1) is 0 Å². The molecule has 0 aliphatic rings. The van der Waals surface area contributed by atoms with E-state index in [-0.39, 0.29) is 0 Å². The van der Waals surface area contributed by atoms with Crippen LogP contribution >= 0.6 is 0 Å². The molecule has 0 aliphatic carbocycles. The van der Waals surface area contributed by atoms with Crippen molar-refractivity contribution in [3.8, 4) is 33.4 Å². The van der Waals surface area contributed by atoms with Crippen LogP contribution in [0.15, 0.2) is 114 Å². The highest BCUT2D eigenvalue weighted by Crippen LogP contribution is 2.51. The van der Waals surface area contributed by atoms with Crippen molar-refractivity contribution >= 4 is 54.3 Å². The second-order valence-corrected chi connectivity index (χ2v) is 14.7. The van der Waals surface area contributed by atoms with Crippen molar-refractivity contribution in [3.63, 3.8) is 0 Å². The maximum Gasteiger partial charge on any atom is 0.136 e. The van der Waals surface area contributed by atoms with E-state index >= 15 is 0 Å². The number of rotatable bonds is 3. The fourth-order valence-electron chi connectivity index (χ4n) is 8.80. The molecule has 0 N–H and O–H groups in total. The number of benzene rings is 8. The van der Waals surface area contributed by atoms with Crippen molar-refractivity contribution in [1.29, 1.82) is 0 Å². The van der Waals surface area contributed by atoms with Crippen LogP contribution in [0.1, 0.15) is 44.5 Å². The molecule has 0 bridgehead atoms. The zero-order valence-corrected chi connectivity index (χ0v) is 30.8. The molecule has 0 unspecified atom stereocenters. The summed E-state index contributed by atoms with van der Waals surface area (Å²) < 4.78 is 6.38. The summed E-state index contributed by atoms with van der Waals surface area (Å²) in [7, 11) is 0. The lowest BCUT2D eigenvalue weighted by Crippen LogP contribution is -2.03. The van der Waals surface area contributed by atoms with Gasteiger partial charge in [0.15, 0.2) is 0 Å². The van der Waals surface area contributed by atoms with E-state index in [0.717, 1.165) is 21.9 Å². The molecule has 1 heterocycles. The monoisotopic (exact) mass is 658 g/mol. The van der Waals surface area contributed by atoms with Crippen molar-refractivity contribution in [3.05, 3.63) is 154 Å². The first kappa shape index (κ1) is 31.3. The summed E-state index contributed by atoms with van der Waals surface area (Å²) in [4.78, 5) is 0. The molecular formula is C50H42O. The molecule has 0 amide bonds. The molecule has 0 saturated carbocycles. The normalized spacial score (nSPS) is 11.9. The zero-order valence-electron chi connectivity index (χ0n) is 30.8. The van der Waals surface area contributed by atoms with E-state index in [1.807, 2.05) is 0 Å². The van der Waals surface area contributed by atoms with Crippen molar-refractivity contribution in [2.75, 3.05) is 0 Å². The van der Waals surface area contributed by atoms with Crippen molar-refractivity contribution in [1.82, 2.24) is 0 Å². The number of fused-ring (bicyclic) bond motifs is 6. The van der Waals surface area contributed by atoms with Gasteiger partial charge < -0.3 is 4.42 Å². The second kappa shape index (κ2) is 11.4. The lowest BCUT2D eigenvalue weighted by molar-refractivity contribution is 0.669. The minimum atomic E-state index is 0.919. The highest BCUT2D eigenvalue weighted by Gasteiger charge is 2.26. The van der Waals surface area contributed by atoms with Gasteiger partial charge in [-0.1, -0.05) is 78.9 Å². The standard InChI is InChI=1S/C50H42O/c1-27-29(3)33(7)47-45(31(27)5)49(35-15-10-9-11-16-35)46-32(6)28(2)30(4)34(8)48(46)50(47)40-20-14-19-36(23-40)39-21-22-43-41(25-39)42-24-37-17-12-13-18-38(37)26-44(42)51-43/h9-26H,1-8H3. The van der Waals surface area contributed by atoms with Crippen LogP contribution in [0.4, 0.5) is 0 Å². The molecule has 248 valence electrons. The number of hydrogen-bond acceptors (Lipinski definition) is 1. The van der Waals surface area contributed by atoms with Gasteiger partial charge in [0.1, 0.15) is 11.2 Å². The maximum atomic E-state index is 6.38. The van der Waals surface area contributed by atoms with Gasteiger partial charge in [0.2, 0.25) is 0 Å². The fraction of sp³-hybridized carbons (Fsp3) is 0.160. The van der Waals surface area contributed by atoms with Crippen LogP contribution in [-0.4, -0.2) is 0 Å². The third-order valence-corrected chi connectivity index (χ3v) is 12.3. The second-order valence-electron chi connectivity index (χ2n) is 14.7. The smallest absolute Gasteiger partial charge is 0.136 e. The van der Waals surface area contributed by atoms with Crippen molar-refractivity contribution in [2.24, 2.45) is 0 Å².